The summed E-state index contributed by atoms with van der Waals surface area (Å²) in [6.07, 6.45) is 2.41. The van der Waals surface area contributed by atoms with Gasteiger partial charge in [-0.15, -0.1) is 24.0 Å². The van der Waals surface area contributed by atoms with E-state index in [4.69, 9.17) is 4.99 Å². The highest BCUT2D eigenvalue weighted by atomic mass is 127. The minimum atomic E-state index is 0. The summed E-state index contributed by atoms with van der Waals surface area (Å²) in [4.78, 5) is 9.43. The maximum atomic E-state index is 4.77. The van der Waals surface area contributed by atoms with Crippen LogP contribution in [0.3, 0.4) is 0 Å². The minimum absolute atomic E-state index is 0. The quantitative estimate of drug-likeness (QED) is 0.362. The first kappa shape index (κ1) is 22.7. The summed E-state index contributed by atoms with van der Waals surface area (Å²) >= 11 is 0. The van der Waals surface area contributed by atoms with Crippen molar-refractivity contribution in [2.75, 3.05) is 40.3 Å². The largest absolute Gasteiger partial charge is 0.356 e. The Bertz CT molecular complexity index is 703. The zero-order valence-electron chi connectivity index (χ0n) is 17.1. The summed E-state index contributed by atoms with van der Waals surface area (Å²) in [5.41, 5.74) is 2.67. The topological polar surface area (TPSA) is 30.9 Å². The van der Waals surface area contributed by atoms with E-state index in [1.165, 1.54) is 30.6 Å². The lowest BCUT2D eigenvalue weighted by Crippen LogP contribution is -2.39. The summed E-state index contributed by atoms with van der Waals surface area (Å²) in [6, 6.07) is 21.2. The van der Waals surface area contributed by atoms with Crippen LogP contribution in [0.4, 0.5) is 0 Å². The number of nitrogens with one attached hydrogen (secondary N) is 1. The molecule has 3 rings (SSSR count). The molecular weight excluding hydrogens is 459 g/mol. The van der Waals surface area contributed by atoms with E-state index in [0.29, 0.717) is 5.92 Å². The van der Waals surface area contributed by atoms with Crippen LogP contribution < -0.4 is 5.32 Å². The number of nitrogens with zero attached hydrogens (tertiary/aromatic N) is 3. The Hall–Kier alpha value is -1.60. The van der Waals surface area contributed by atoms with Crippen molar-refractivity contribution in [2.24, 2.45) is 10.9 Å². The molecule has 0 amide bonds. The Kier molecular flexibility index (Phi) is 9.78. The molecule has 1 unspecified atom stereocenters. The number of rotatable bonds is 7. The monoisotopic (exact) mass is 492 g/mol. The van der Waals surface area contributed by atoms with Crippen LogP contribution in [0, 0.1) is 5.92 Å². The smallest absolute Gasteiger partial charge is 0.193 e. The fourth-order valence-electron chi connectivity index (χ4n) is 3.56. The summed E-state index contributed by atoms with van der Waals surface area (Å²) in [5, 5.41) is 3.57. The Morgan fingerprint density at radius 2 is 1.68 bits per heavy atom. The first-order valence-electron chi connectivity index (χ1n) is 9.96. The SMILES string of the molecule is CN(C)C(=NCc1ccccc1)NCC1CCN(CCc2ccccc2)C1.I. The predicted octanol–water partition coefficient (Wildman–Crippen LogP) is 3.88. The van der Waals surface area contributed by atoms with Gasteiger partial charge in [0, 0.05) is 33.7 Å². The fourth-order valence-corrected chi connectivity index (χ4v) is 3.56. The van der Waals surface area contributed by atoms with Crippen molar-refractivity contribution in [1.82, 2.24) is 15.1 Å². The highest BCUT2D eigenvalue weighted by Gasteiger charge is 2.22. The molecule has 5 heteroatoms. The Morgan fingerprint density at radius 1 is 1.04 bits per heavy atom. The van der Waals surface area contributed by atoms with Crippen molar-refractivity contribution < 1.29 is 0 Å². The van der Waals surface area contributed by atoms with Gasteiger partial charge >= 0.3 is 0 Å². The summed E-state index contributed by atoms with van der Waals surface area (Å²) in [6.45, 7) is 5.25. The van der Waals surface area contributed by atoms with Gasteiger partial charge in [-0.05, 0) is 36.4 Å². The Morgan fingerprint density at radius 3 is 2.32 bits per heavy atom. The molecule has 0 saturated carbocycles. The molecule has 1 saturated heterocycles. The van der Waals surface area contributed by atoms with E-state index in [1.807, 2.05) is 6.07 Å². The second-order valence-electron chi connectivity index (χ2n) is 7.59. The molecule has 0 spiro atoms. The molecule has 152 valence electrons. The average molecular weight is 492 g/mol. The third kappa shape index (κ3) is 7.43. The van der Waals surface area contributed by atoms with Gasteiger partial charge in [0.25, 0.3) is 0 Å². The van der Waals surface area contributed by atoms with Gasteiger partial charge in [0.15, 0.2) is 5.96 Å². The predicted molar refractivity (Wildman–Crippen MR) is 129 cm³/mol. The van der Waals surface area contributed by atoms with Gasteiger partial charge in [0.1, 0.15) is 0 Å². The zero-order chi connectivity index (χ0) is 18.9. The lowest BCUT2D eigenvalue weighted by atomic mass is 10.1. The van der Waals surface area contributed by atoms with Crippen LogP contribution in [-0.2, 0) is 13.0 Å². The molecule has 1 aliphatic rings. The molecule has 28 heavy (non-hydrogen) atoms. The third-order valence-corrected chi connectivity index (χ3v) is 5.16. The average Bonchev–Trinajstić information content (AvgIpc) is 3.15. The number of guanidine groups is 1. The van der Waals surface area contributed by atoms with Crippen LogP contribution >= 0.6 is 24.0 Å². The molecule has 1 atom stereocenters. The van der Waals surface area contributed by atoms with Gasteiger partial charge in [-0.3, -0.25) is 0 Å². The van der Waals surface area contributed by atoms with E-state index in [0.717, 1.165) is 32.0 Å². The van der Waals surface area contributed by atoms with Crippen molar-refractivity contribution in [3.05, 3.63) is 71.8 Å². The molecule has 0 bridgehead atoms. The molecule has 1 heterocycles. The molecule has 2 aromatic carbocycles. The second-order valence-corrected chi connectivity index (χ2v) is 7.59. The number of benzene rings is 2. The first-order valence-corrected chi connectivity index (χ1v) is 9.96. The highest BCUT2D eigenvalue weighted by molar-refractivity contribution is 14.0. The maximum Gasteiger partial charge on any atom is 0.193 e. The number of aliphatic imine (C=N–C) groups is 1. The van der Waals surface area contributed by atoms with Gasteiger partial charge in [-0.1, -0.05) is 60.7 Å². The van der Waals surface area contributed by atoms with Crippen molar-refractivity contribution >= 4 is 29.9 Å². The van der Waals surface area contributed by atoms with Crippen molar-refractivity contribution in [3.8, 4) is 0 Å². The van der Waals surface area contributed by atoms with Gasteiger partial charge in [0.05, 0.1) is 6.54 Å². The zero-order valence-corrected chi connectivity index (χ0v) is 19.4. The molecule has 4 nitrogen and oxygen atoms in total. The number of likely N-dealkylation sites (tertiary alicyclic amines) is 1. The number of hydrogen-bond acceptors (Lipinski definition) is 2. The molecule has 0 aromatic heterocycles. The van der Waals surface area contributed by atoms with Gasteiger partial charge in [-0.2, -0.15) is 0 Å². The van der Waals surface area contributed by atoms with Crippen LogP contribution in [0.15, 0.2) is 65.7 Å². The van der Waals surface area contributed by atoms with Crippen molar-refractivity contribution in [1.29, 1.82) is 0 Å². The van der Waals surface area contributed by atoms with Crippen LogP contribution in [0.5, 0.6) is 0 Å². The van der Waals surface area contributed by atoms with E-state index in [-0.39, 0.29) is 24.0 Å². The lowest BCUT2D eigenvalue weighted by molar-refractivity contribution is 0.327. The number of halogens is 1. The third-order valence-electron chi connectivity index (χ3n) is 5.16. The first-order chi connectivity index (χ1) is 13.2. The second kappa shape index (κ2) is 12.1. The van der Waals surface area contributed by atoms with Crippen LogP contribution in [0.2, 0.25) is 0 Å². The van der Waals surface area contributed by atoms with Crippen molar-refractivity contribution in [3.63, 3.8) is 0 Å². The normalized spacial score (nSPS) is 17.2. The molecule has 0 aliphatic carbocycles. The lowest BCUT2D eigenvalue weighted by Gasteiger charge is -2.20. The van der Waals surface area contributed by atoms with Crippen LogP contribution in [0.25, 0.3) is 0 Å². The number of hydrogen-bond donors (Lipinski definition) is 1. The minimum Gasteiger partial charge on any atom is -0.356 e. The van der Waals surface area contributed by atoms with Gasteiger partial charge < -0.3 is 15.1 Å². The molecule has 1 N–H and O–H groups in total. The van der Waals surface area contributed by atoms with E-state index in [2.05, 4.69) is 83.8 Å². The van der Waals surface area contributed by atoms with Crippen LogP contribution in [-0.4, -0.2) is 56.0 Å². The molecular formula is C23H33IN4. The summed E-state index contributed by atoms with van der Waals surface area (Å²) < 4.78 is 0. The van der Waals surface area contributed by atoms with Crippen LogP contribution in [0.1, 0.15) is 17.5 Å². The van der Waals surface area contributed by atoms with E-state index in [9.17, 15) is 0 Å². The summed E-state index contributed by atoms with van der Waals surface area (Å²) in [5.74, 6) is 1.67. The summed E-state index contributed by atoms with van der Waals surface area (Å²) in [7, 11) is 4.11. The molecule has 1 fully saturated rings. The molecule has 2 aromatic rings. The maximum absolute atomic E-state index is 4.77. The van der Waals surface area contributed by atoms with Gasteiger partial charge in [0.2, 0.25) is 0 Å². The van der Waals surface area contributed by atoms with E-state index < -0.39 is 0 Å². The van der Waals surface area contributed by atoms with Crippen molar-refractivity contribution in [2.45, 2.75) is 19.4 Å². The highest BCUT2D eigenvalue weighted by Crippen LogP contribution is 2.16. The van der Waals surface area contributed by atoms with E-state index >= 15 is 0 Å². The fraction of sp³-hybridized carbons (Fsp3) is 0.435. The Balaban J connectivity index is 0.00000280. The standard InChI is InChI=1S/C23H32N4.HI/c1-26(2)23(24-17-21-11-7-4-8-12-21)25-18-22-14-16-27(19-22)15-13-20-9-5-3-6-10-20;/h3-12,22H,13-19H2,1-2H3,(H,24,25);1H. The van der Waals surface area contributed by atoms with Gasteiger partial charge in [-0.25, -0.2) is 4.99 Å². The van der Waals surface area contributed by atoms with E-state index in [1.54, 1.807) is 0 Å². The molecule has 1 aliphatic heterocycles. The molecule has 0 radical (unpaired) electrons. The Labute approximate surface area is 187 Å².